The van der Waals surface area contributed by atoms with Gasteiger partial charge in [-0.05, 0) is 37.2 Å². The molecule has 2 unspecified atom stereocenters. The van der Waals surface area contributed by atoms with E-state index >= 15 is 0 Å². The van der Waals surface area contributed by atoms with Crippen molar-refractivity contribution in [3.63, 3.8) is 0 Å². The molecule has 0 aliphatic carbocycles. The fourth-order valence-electron chi connectivity index (χ4n) is 4.48. The third kappa shape index (κ3) is 5.81. The summed E-state index contributed by atoms with van der Waals surface area (Å²) in [4.78, 5) is 31.4. The van der Waals surface area contributed by atoms with Crippen molar-refractivity contribution in [2.24, 2.45) is 11.8 Å². The van der Waals surface area contributed by atoms with Gasteiger partial charge >= 0.3 is 0 Å². The van der Waals surface area contributed by atoms with Gasteiger partial charge in [-0.15, -0.1) is 0 Å². The Kier molecular flexibility index (Phi) is 7.11. The van der Waals surface area contributed by atoms with Gasteiger partial charge in [-0.1, -0.05) is 43.7 Å². The molecule has 5 nitrogen and oxygen atoms in total. The molecule has 2 atom stereocenters. The number of rotatable bonds is 5. The molecule has 2 heterocycles. The zero-order chi connectivity index (χ0) is 20.1. The standard InChI is InChI=1S/C23H35N3O2/c1-18-4-6-21(7-5-18)8-9-22(27)25-12-10-24(11-13-25)17-23(28)26-15-19(2)14-20(3)16-26/h4-7,19-20H,8-17H2,1-3H3. The van der Waals surface area contributed by atoms with Crippen LogP contribution in [0.3, 0.4) is 0 Å². The molecule has 2 fully saturated rings. The average molecular weight is 386 g/mol. The fraction of sp³-hybridized carbons (Fsp3) is 0.652. The number of carbonyl (C=O) groups is 2. The maximum Gasteiger partial charge on any atom is 0.236 e. The Morgan fingerprint density at radius 1 is 0.893 bits per heavy atom. The van der Waals surface area contributed by atoms with Crippen molar-refractivity contribution in [3.8, 4) is 0 Å². The van der Waals surface area contributed by atoms with Gasteiger partial charge < -0.3 is 9.80 Å². The second-order valence-electron chi connectivity index (χ2n) is 8.89. The van der Waals surface area contributed by atoms with Crippen LogP contribution in [0.25, 0.3) is 0 Å². The summed E-state index contributed by atoms with van der Waals surface area (Å²) < 4.78 is 0. The summed E-state index contributed by atoms with van der Waals surface area (Å²) in [6, 6.07) is 8.40. The topological polar surface area (TPSA) is 43.9 Å². The molecule has 0 N–H and O–H groups in total. The van der Waals surface area contributed by atoms with Crippen LogP contribution in [-0.4, -0.2) is 72.3 Å². The van der Waals surface area contributed by atoms with Gasteiger partial charge in [-0.25, -0.2) is 0 Å². The first-order valence-electron chi connectivity index (χ1n) is 10.7. The first-order valence-corrected chi connectivity index (χ1v) is 10.7. The monoisotopic (exact) mass is 385 g/mol. The lowest BCUT2D eigenvalue weighted by Crippen LogP contribution is -2.53. The molecule has 0 spiro atoms. The molecule has 0 aromatic heterocycles. The fourth-order valence-corrected chi connectivity index (χ4v) is 4.48. The molecule has 5 heteroatoms. The van der Waals surface area contributed by atoms with E-state index in [1.165, 1.54) is 17.5 Å². The smallest absolute Gasteiger partial charge is 0.236 e. The summed E-state index contributed by atoms with van der Waals surface area (Å²) in [5, 5.41) is 0. The van der Waals surface area contributed by atoms with E-state index in [1.54, 1.807) is 0 Å². The van der Waals surface area contributed by atoms with Crippen molar-refractivity contribution in [2.75, 3.05) is 45.8 Å². The van der Waals surface area contributed by atoms with Crippen LogP contribution in [0, 0.1) is 18.8 Å². The lowest BCUT2D eigenvalue weighted by molar-refractivity contribution is -0.136. The molecule has 3 rings (SSSR count). The molecule has 28 heavy (non-hydrogen) atoms. The van der Waals surface area contributed by atoms with Crippen LogP contribution in [0.5, 0.6) is 0 Å². The second-order valence-corrected chi connectivity index (χ2v) is 8.89. The molecule has 2 aliphatic heterocycles. The SMILES string of the molecule is Cc1ccc(CCC(=O)N2CCN(CC(=O)N3CC(C)CC(C)C3)CC2)cc1. The van der Waals surface area contributed by atoms with Gasteiger partial charge in [0.15, 0.2) is 0 Å². The highest BCUT2D eigenvalue weighted by Gasteiger charge is 2.28. The van der Waals surface area contributed by atoms with Gasteiger partial charge in [0.05, 0.1) is 6.54 Å². The quantitative estimate of drug-likeness (QED) is 0.782. The molecule has 0 bridgehead atoms. The maximum atomic E-state index is 12.7. The van der Waals surface area contributed by atoms with Crippen LogP contribution in [0.4, 0.5) is 0 Å². The lowest BCUT2D eigenvalue weighted by Gasteiger charge is -2.38. The molecule has 1 aromatic carbocycles. The maximum absolute atomic E-state index is 12.7. The summed E-state index contributed by atoms with van der Waals surface area (Å²) in [6.07, 6.45) is 2.57. The summed E-state index contributed by atoms with van der Waals surface area (Å²) in [5.41, 5.74) is 2.46. The van der Waals surface area contributed by atoms with Crippen molar-refractivity contribution in [1.29, 1.82) is 0 Å². The molecule has 2 saturated heterocycles. The number of piperidine rings is 1. The summed E-state index contributed by atoms with van der Waals surface area (Å²) in [5.74, 6) is 1.66. The Morgan fingerprint density at radius 2 is 1.50 bits per heavy atom. The zero-order valence-corrected chi connectivity index (χ0v) is 17.7. The first-order chi connectivity index (χ1) is 13.4. The highest BCUT2D eigenvalue weighted by Crippen LogP contribution is 2.21. The van der Waals surface area contributed by atoms with Gasteiger partial charge in [-0.2, -0.15) is 0 Å². The van der Waals surface area contributed by atoms with Crippen LogP contribution in [0.2, 0.25) is 0 Å². The predicted molar refractivity (Wildman–Crippen MR) is 112 cm³/mol. The Balaban J connectivity index is 1.39. The van der Waals surface area contributed by atoms with Crippen molar-refractivity contribution < 1.29 is 9.59 Å². The molecule has 0 radical (unpaired) electrons. The number of likely N-dealkylation sites (tertiary alicyclic amines) is 1. The van der Waals surface area contributed by atoms with E-state index in [0.717, 1.165) is 45.7 Å². The Labute approximate surface area is 169 Å². The number of nitrogens with zero attached hydrogens (tertiary/aromatic N) is 3. The minimum atomic E-state index is 0.227. The number of benzene rings is 1. The van der Waals surface area contributed by atoms with E-state index in [-0.39, 0.29) is 11.8 Å². The summed E-state index contributed by atoms with van der Waals surface area (Å²) >= 11 is 0. The van der Waals surface area contributed by atoms with E-state index in [9.17, 15) is 9.59 Å². The largest absolute Gasteiger partial charge is 0.341 e. The number of carbonyl (C=O) groups excluding carboxylic acids is 2. The van der Waals surface area contributed by atoms with Crippen LogP contribution in [0.1, 0.15) is 37.8 Å². The van der Waals surface area contributed by atoms with E-state index in [4.69, 9.17) is 0 Å². The van der Waals surface area contributed by atoms with Gasteiger partial charge in [-0.3, -0.25) is 14.5 Å². The van der Waals surface area contributed by atoms with Gasteiger partial charge in [0, 0.05) is 45.7 Å². The van der Waals surface area contributed by atoms with E-state index in [0.29, 0.717) is 24.8 Å². The first kappa shape index (κ1) is 20.8. The Bertz CT molecular complexity index is 655. The Morgan fingerprint density at radius 3 is 2.11 bits per heavy atom. The van der Waals surface area contributed by atoms with Gasteiger partial charge in [0.25, 0.3) is 0 Å². The molecule has 0 saturated carbocycles. The van der Waals surface area contributed by atoms with Crippen LogP contribution >= 0.6 is 0 Å². The molecule has 154 valence electrons. The average Bonchev–Trinajstić information content (AvgIpc) is 2.67. The number of hydrogen-bond donors (Lipinski definition) is 0. The van der Waals surface area contributed by atoms with Crippen molar-refractivity contribution in [2.45, 2.75) is 40.0 Å². The van der Waals surface area contributed by atoms with Gasteiger partial charge in [0.1, 0.15) is 0 Å². The molecule has 2 amide bonds. The third-order valence-electron chi connectivity index (χ3n) is 6.05. The van der Waals surface area contributed by atoms with E-state index in [1.807, 2.05) is 9.80 Å². The Hall–Kier alpha value is -1.88. The molecule has 1 aromatic rings. The normalized spacial score (nSPS) is 23.7. The minimum Gasteiger partial charge on any atom is -0.341 e. The van der Waals surface area contributed by atoms with Crippen LogP contribution < -0.4 is 0 Å². The summed E-state index contributed by atoms with van der Waals surface area (Å²) in [7, 11) is 0. The predicted octanol–water partition coefficient (Wildman–Crippen LogP) is 2.58. The molecular weight excluding hydrogens is 350 g/mol. The number of hydrogen-bond acceptors (Lipinski definition) is 3. The van der Waals surface area contributed by atoms with Crippen molar-refractivity contribution in [3.05, 3.63) is 35.4 Å². The molecular formula is C23H35N3O2. The van der Waals surface area contributed by atoms with Gasteiger partial charge in [0.2, 0.25) is 11.8 Å². The summed E-state index contributed by atoms with van der Waals surface area (Å²) in [6.45, 7) is 11.9. The highest BCUT2D eigenvalue weighted by atomic mass is 16.2. The highest BCUT2D eigenvalue weighted by molar-refractivity contribution is 5.79. The van der Waals surface area contributed by atoms with E-state index in [2.05, 4.69) is 49.9 Å². The van der Waals surface area contributed by atoms with Crippen molar-refractivity contribution >= 4 is 11.8 Å². The third-order valence-corrected chi connectivity index (χ3v) is 6.05. The molecule has 2 aliphatic rings. The van der Waals surface area contributed by atoms with Crippen LogP contribution in [-0.2, 0) is 16.0 Å². The van der Waals surface area contributed by atoms with Crippen LogP contribution in [0.15, 0.2) is 24.3 Å². The van der Waals surface area contributed by atoms with Crippen molar-refractivity contribution in [1.82, 2.24) is 14.7 Å². The minimum absolute atomic E-state index is 0.227. The zero-order valence-electron chi connectivity index (χ0n) is 17.7. The lowest BCUT2D eigenvalue weighted by atomic mass is 9.92. The second kappa shape index (κ2) is 9.55. The number of amides is 2. The number of piperazine rings is 1. The number of aryl methyl sites for hydroxylation is 2. The van der Waals surface area contributed by atoms with E-state index < -0.39 is 0 Å².